The van der Waals surface area contributed by atoms with Crippen molar-refractivity contribution in [2.24, 2.45) is 11.7 Å². The van der Waals surface area contributed by atoms with E-state index in [1.165, 1.54) is 22.3 Å². The predicted octanol–water partition coefficient (Wildman–Crippen LogP) is 3.06. The normalized spacial score (nSPS) is 30.5. The number of fused-ring (bicyclic) bond motifs is 1. The molecule has 0 aromatic heterocycles. The molecule has 2 N–H and O–H groups in total. The average Bonchev–Trinajstić information content (AvgIpc) is 2.38. The van der Waals surface area contributed by atoms with Gasteiger partial charge in [0.15, 0.2) is 0 Å². The molecule has 0 amide bonds. The Morgan fingerprint density at radius 3 is 2.00 bits per heavy atom. The van der Waals surface area contributed by atoms with Gasteiger partial charge in [0.1, 0.15) is 0 Å². The van der Waals surface area contributed by atoms with Gasteiger partial charge in [-0.05, 0) is 47.9 Å². The predicted molar refractivity (Wildman–Crippen MR) is 60.4 cm³/mol. The molecule has 1 nitrogen and oxygen atoms in total. The van der Waals surface area contributed by atoms with Gasteiger partial charge in [0, 0.05) is 6.04 Å². The first-order valence-electron chi connectivity index (χ1n) is 5.39. The van der Waals surface area contributed by atoms with E-state index in [4.69, 9.17) is 5.73 Å². The van der Waals surface area contributed by atoms with Crippen molar-refractivity contribution in [3.63, 3.8) is 0 Å². The van der Waals surface area contributed by atoms with Gasteiger partial charge in [-0.2, -0.15) is 0 Å². The van der Waals surface area contributed by atoms with Crippen LogP contribution in [-0.4, -0.2) is 0 Å². The number of rotatable bonds is 0. The molecule has 0 heterocycles. The molecule has 76 valence electrons. The second kappa shape index (κ2) is 3.09. The maximum Gasteiger partial charge on any atom is 0.0332 e. The smallest absolute Gasteiger partial charge is 0.0332 e. The Morgan fingerprint density at radius 1 is 1.00 bits per heavy atom. The minimum Gasteiger partial charge on any atom is -0.324 e. The van der Waals surface area contributed by atoms with Gasteiger partial charge in [-0.3, -0.25) is 0 Å². The Balaban J connectivity index is 2.67. The SMILES string of the molecule is Cc1ccc(C)c2c1C(C)C(C)C2N. The molecule has 1 aromatic rings. The largest absolute Gasteiger partial charge is 0.324 e. The molecule has 1 aromatic carbocycles. The Morgan fingerprint density at radius 2 is 1.50 bits per heavy atom. The number of hydrogen-bond donors (Lipinski definition) is 1. The van der Waals surface area contributed by atoms with E-state index in [1.54, 1.807) is 0 Å². The van der Waals surface area contributed by atoms with Gasteiger partial charge in [-0.25, -0.2) is 0 Å². The molecule has 2 rings (SSSR count). The second-order valence-corrected chi connectivity index (χ2v) is 4.70. The van der Waals surface area contributed by atoms with Gasteiger partial charge in [0.25, 0.3) is 0 Å². The molecule has 0 aliphatic heterocycles. The molecule has 0 saturated heterocycles. The van der Waals surface area contributed by atoms with E-state index in [0.717, 1.165) is 0 Å². The lowest BCUT2D eigenvalue weighted by Crippen LogP contribution is -2.15. The molecule has 3 atom stereocenters. The van der Waals surface area contributed by atoms with Gasteiger partial charge in [0.2, 0.25) is 0 Å². The van der Waals surface area contributed by atoms with Crippen LogP contribution < -0.4 is 5.73 Å². The first-order chi connectivity index (χ1) is 6.54. The molecule has 1 heteroatoms. The summed E-state index contributed by atoms with van der Waals surface area (Å²) in [5.41, 5.74) is 11.9. The number of benzene rings is 1. The highest BCUT2D eigenvalue weighted by Gasteiger charge is 2.34. The summed E-state index contributed by atoms with van der Waals surface area (Å²) < 4.78 is 0. The van der Waals surface area contributed by atoms with E-state index >= 15 is 0 Å². The van der Waals surface area contributed by atoms with Crippen LogP contribution in [0.2, 0.25) is 0 Å². The quantitative estimate of drug-likeness (QED) is 0.667. The number of nitrogens with two attached hydrogens (primary N) is 1. The lowest BCUT2D eigenvalue weighted by molar-refractivity contribution is 0.450. The van der Waals surface area contributed by atoms with Crippen LogP contribution in [0.3, 0.4) is 0 Å². The van der Waals surface area contributed by atoms with Crippen LogP contribution in [0.1, 0.15) is 48.1 Å². The average molecular weight is 189 g/mol. The van der Waals surface area contributed by atoms with Gasteiger partial charge in [0.05, 0.1) is 0 Å². The van der Waals surface area contributed by atoms with Crippen molar-refractivity contribution in [1.29, 1.82) is 0 Å². The van der Waals surface area contributed by atoms with Crippen molar-refractivity contribution in [2.45, 2.75) is 39.7 Å². The lowest BCUT2D eigenvalue weighted by Gasteiger charge is -2.14. The minimum atomic E-state index is 0.236. The zero-order valence-corrected chi connectivity index (χ0v) is 9.46. The summed E-state index contributed by atoms with van der Waals surface area (Å²) in [5, 5.41) is 0. The van der Waals surface area contributed by atoms with E-state index in [0.29, 0.717) is 11.8 Å². The zero-order chi connectivity index (χ0) is 10.5. The van der Waals surface area contributed by atoms with Gasteiger partial charge in [-0.15, -0.1) is 0 Å². The molecular weight excluding hydrogens is 170 g/mol. The van der Waals surface area contributed by atoms with Crippen molar-refractivity contribution in [2.75, 3.05) is 0 Å². The molecule has 1 aliphatic rings. The van der Waals surface area contributed by atoms with Gasteiger partial charge in [-0.1, -0.05) is 26.0 Å². The van der Waals surface area contributed by atoms with Gasteiger partial charge < -0.3 is 5.73 Å². The number of hydrogen-bond acceptors (Lipinski definition) is 1. The Bertz CT molecular complexity index is 333. The molecule has 0 saturated carbocycles. The Labute approximate surface area is 86.3 Å². The highest BCUT2D eigenvalue weighted by Crippen LogP contribution is 2.46. The minimum absolute atomic E-state index is 0.236. The fourth-order valence-electron chi connectivity index (χ4n) is 2.74. The summed E-state index contributed by atoms with van der Waals surface area (Å²) in [5.74, 6) is 1.18. The fourth-order valence-corrected chi connectivity index (χ4v) is 2.74. The van der Waals surface area contributed by atoms with Crippen LogP contribution in [0.5, 0.6) is 0 Å². The van der Waals surface area contributed by atoms with Crippen LogP contribution in [-0.2, 0) is 0 Å². The summed E-state index contributed by atoms with van der Waals surface area (Å²) in [6.07, 6.45) is 0. The van der Waals surface area contributed by atoms with Crippen LogP contribution in [0, 0.1) is 19.8 Å². The van der Waals surface area contributed by atoms with Crippen molar-refractivity contribution < 1.29 is 0 Å². The summed E-state index contributed by atoms with van der Waals surface area (Å²) >= 11 is 0. The van der Waals surface area contributed by atoms with E-state index in [2.05, 4.69) is 39.8 Å². The Hall–Kier alpha value is -0.820. The molecule has 0 fully saturated rings. The third kappa shape index (κ3) is 1.12. The molecule has 0 bridgehead atoms. The first kappa shape index (κ1) is 9.72. The summed E-state index contributed by atoms with van der Waals surface area (Å²) in [7, 11) is 0. The monoisotopic (exact) mass is 189 g/mol. The van der Waals surface area contributed by atoms with Crippen LogP contribution in [0.25, 0.3) is 0 Å². The molecule has 14 heavy (non-hydrogen) atoms. The van der Waals surface area contributed by atoms with Gasteiger partial charge >= 0.3 is 0 Å². The molecular formula is C13H19N. The van der Waals surface area contributed by atoms with Crippen molar-refractivity contribution >= 4 is 0 Å². The third-order valence-electron chi connectivity index (χ3n) is 3.87. The molecule has 1 aliphatic carbocycles. The first-order valence-corrected chi connectivity index (χ1v) is 5.39. The lowest BCUT2D eigenvalue weighted by atomic mass is 9.92. The second-order valence-electron chi connectivity index (χ2n) is 4.70. The molecule has 0 radical (unpaired) electrons. The van der Waals surface area contributed by atoms with E-state index in [9.17, 15) is 0 Å². The maximum absolute atomic E-state index is 6.25. The fraction of sp³-hybridized carbons (Fsp3) is 0.538. The van der Waals surface area contributed by atoms with E-state index in [-0.39, 0.29) is 6.04 Å². The van der Waals surface area contributed by atoms with Crippen molar-refractivity contribution in [1.82, 2.24) is 0 Å². The highest BCUT2D eigenvalue weighted by molar-refractivity contribution is 5.48. The third-order valence-corrected chi connectivity index (χ3v) is 3.87. The summed E-state index contributed by atoms with van der Waals surface area (Å²) in [6.45, 7) is 8.92. The van der Waals surface area contributed by atoms with Crippen LogP contribution in [0.4, 0.5) is 0 Å². The topological polar surface area (TPSA) is 26.0 Å². The van der Waals surface area contributed by atoms with Crippen molar-refractivity contribution in [3.8, 4) is 0 Å². The van der Waals surface area contributed by atoms with Crippen LogP contribution >= 0.6 is 0 Å². The van der Waals surface area contributed by atoms with E-state index in [1.807, 2.05) is 0 Å². The van der Waals surface area contributed by atoms with Crippen LogP contribution in [0.15, 0.2) is 12.1 Å². The summed E-state index contributed by atoms with van der Waals surface area (Å²) in [4.78, 5) is 0. The molecule has 0 spiro atoms. The maximum atomic E-state index is 6.25. The Kier molecular flexibility index (Phi) is 2.15. The highest BCUT2D eigenvalue weighted by atomic mass is 14.7. The molecule has 3 unspecified atom stereocenters. The van der Waals surface area contributed by atoms with Crippen molar-refractivity contribution in [3.05, 3.63) is 34.4 Å². The number of aryl methyl sites for hydroxylation is 2. The zero-order valence-electron chi connectivity index (χ0n) is 9.46. The standard InChI is InChI=1S/C13H19N/c1-7-5-6-8(2)12-11(7)9(3)10(4)13(12)14/h5-6,9-10,13H,14H2,1-4H3. The summed E-state index contributed by atoms with van der Waals surface area (Å²) in [6, 6.07) is 4.65. The van der Waals surface area contributed by atoms with E-state index < -0.39 is 0 Å².